The first-order chi connectivity index (χ1) is 7.72. The molecule has 0 bridgehead atoms. The lowest BCUT2D eigenvalue weighted by Crippen LogP contribution is -2.08. The highest BCUT2D eigenvalue weighted by molar-refractivity contribution is 5.22. The predicted octanol–water partition coefficient (Wildman–Crippen LogP) is 1.48. The number of rotatable bonds is 2. The van der Waals surface area contributed by atoms with Crippen LogP contribution in [0.4, 0.5) is 8.78 Å². The number of hydrogen-bond donors (Lipinski definition) is 0. The van der Waals surface area contributed by atoms with E-state index in [9.17, 15) is 8.78 Å². The lowest BCUT2D eigenvalue weighted by molar-refractivity contribution is 0.526. The molecule has 0 atom stereocenters. The van der Waals surface area contributed by atoms with E-state index in [1.807, 2.05) is 6.07 Å². The third kappa shape index (κ3) is 1.75. The molecule has 0 aliphatic carbocycles. The molecule has 0 N–H and O–H groups in total. The van der Waals surface area contributed by atoms with Crippen LogP contribution in [0.3, 0.4) is 0 Å². The lowest BCUT2D eigenvalue weighted by atomic mass is 10.2. The van der Waals surface area contributed by atoms with Gasteiger partial charge in [0.15, 0.2) is 5.69 Å². The minimum atomic E-state index is -0.667. The molecule has 0 aliphatic rings. The number of nitriles is 1. The number of halogens is 2. The molecule has 0 unspecified atom stereocenters. The van der Waals surface area contributed by atoms with Gasteiger partial charge in [0.25, 0.3) is 0 Å². The molecule has 2 aromatic rings. The molecule has 6 heteroatoms. The van der Waals surface area contributed by atoms with E-state index in [0.717, 1.165) is 16.8 Å². The van der Waals surface area contributed by atoms with Crippen LogP contribution in [0.5, 0.6) is 0 Å². The van der Waals surface area contributed by atoms with Gasteiger partial charge < -0.3 is 0 Å². The van der Waals surface area contributed by atoms with Gasteiger partial charge in [0.05, 0.1) is 12.7 Å². The van der Waals surface area contributed by atoms with E-state index in [4.69, 9.17) is 5.26 Å². The van der Waals surface area contributed by atoms with Gasteiger partial charge in [-0.15, -0.1) is 5.10 Å². The second-order valence-electron chi connectivity index (χ2n) is 3.09. The third-order valence-corrected chi connectivity index (χ3v) is 2.10. The maximum absolute atomic E-state index is 13.3. The van der Waals surface area contributed by atoms with Crippen molar-refractivity contribution < 1.29 is 8.78 Å². The first kappa shape index (κ1) is 10.2. The Balaban J connectivity index is 2.38. The Bertz CT molecular complexity index is 536. The van der Waals surface area contributed by atoms with Crippen LogP contribution in [0.1, 0.15) is 11.3 Å². The Morgan fingerprint density at radius 2 is 2.00 bits per heavy atom. The smallest absolute Gasteiger partial charge is 0.159 e. The molecule has 2 rings (SSSR count). The number of benzene rings is 1. The minimum absolute atomic E-state index is 0.135. The summed E-state index contributed by atoms with van der Waals surface area (Å²) < 4.78 is 27.7. The fraction of sp³-hybridized carbons (Fsp3) is 0.100. The fourth-order valence-electron chi connectivity index (χ4n) is 1.29. The van der Waals surface area contributed by atoms with Crippen LogP contribution in [0.15, 0.2) is 24.4 Å². The molecular weight excluding hydrogens is 214 g/mol. The van der Waals surface area contributed by atoms with Gasteiger partial charge in [0, 0.05) is 5.56 Å². The average molecular weight is 220 g/mol. The van der Waals surface area contributed by atoms with Crippen LogP contribution in [0.25, 0.3) is 0 Å². The van der Waals surface area contributed by atoms with Crippen LogP contribution in [-0.2, 0) is 6.54 Å². The summed E-state index contributed by atoms with van der Waals surface area (Å²) in [6, 6.07) is 5.41. The van der Waals surface area contributed by atoms with Crippen molar-refractivity contribution in [2.45, 2.75) is 6.54 Å². The predicted molar refractivity (Wildman–Crippen MR) is 50.2 cm³/mol. The molecule has 80 valence electrons. The Kier molecular flexibility index (Phi) is 2.60. The van der Waals surface area contributed by atoms with Gasteiger partial charge >= 0.3 is 0 Å². The van der Waals surface area contributed by atoms with Crippen molar-refractivity contribution in [1.29, 1.82) is 5.26 Å². The topological polar surface area (TPSA) is 54.5 Å². The van der Waals surface area contributed by atoms with Gasteiger partial charge in [-0.1, -0.05) is 11.3 Å². The first-order valence-corrected chi connectivity index (χ1v) is 4.44. The maximum atomic E-state index is 13.3. The standard InChI is InChI=1S/C10H6F2N4/c11-9-2-1-3-10(12)8(9)6-16-7(4-13)5-14-15-16/h1-3,5H,6H2. The Morgan fingerprint density at radius 3 is 2.62 bits per heavy atom. The molecule has 4 nitrogen and oxygen atoms in total. The molecule has 0 radical (unpaired) electrons. The summed E-state index contributed by atoms with van der Waals surface area (Å²) in [6.45, 7) is -0.151. The van der Waals surface area contributed by atoms with E-state index in [1.54, 1.807) is 0 Å². The summed E-state index contributed by atoms with van der Waals surface area (Å²) in [4.78, 5) is 0. The summed E-state index contributed by atoms with van der Waals surface area (Å²) in [6.07, 6.45) is 1.23. The molecule has 0 spiro atoms. The zero-order valence-electron chi connectivity index (χ0n) is 8.06. The molecule has 16 heavy (non-hydrogen) atoms. The highest BCUT2D eigenvalue weighted by Gasteiger charge is 2.11. The molecule has 0 saturated carbocycles. The van der Waals surface area contributed by atoms with E-state index in [1.165, 1.54) is 12.3 Å². The van der Waals surface area contributed by atoms with E-state index in [0.29, 0.717) is 0 Å². The van der Waals surface area contributed by atoms with Crippen LogP contribution in [0, 0.1) is 23.0 Å². The Labute approximate surface area is 89.7 Å². The van der Waals surface area contributed by atoms with Gasteiger partial charge in [-0.2, -0.15) is 5.26 Å². The van der Waals surface area contributed by atoms with Crippen molar-refractivity contribution >= 4 is 0 Å². The van der Waals surface area contributed by atoms with Crippen LogP contribution < -0.4 is 0 Å². The van der Waals surface area contributed by atoms with Crippen molar-refractivity contribution in [3.05, 3.63) is 47.3 Å². The van der Waals surface area contributed by atoms with Gasteiger partial charge in [-0.05, 0) is 12.1 Å². The summed E-state index contributed by atoms with van der Waals surface area (Å²) in [7, 11) is 0. The Morgan fingerprint density at radius 1 is 1.31 bits per heavy atom. The average Bonchev–Trinajstić information content (AvgIpc) is 2.71. The number of nitrogens with zero attached hydrogens (tertiary/aromatic N) is 4. The third-order valence-electron chi connectivity index (χ3n) is 2.10. The molecule has 1 aromatic heterocycles. The molecule has 0 fully saturated rings. The summed E-state index contributed by atoms with van der Waals surface area (Å²) in [5.41, 5.74) is 0.0205. The highest BCUT2D eigenvalue weighted by Crippen LogP contribution is 2.13. The van der Waals surface area contributed by atoms with Crippen molar-refractivity contribution in [2.24, 2.45) is 0 Å². The fourth-order valence-corrected chi connectivity index (χ4v) is 1.29. The van der Waals surface area contributed by atoms with Gasteiger partial charge in [0.2, 0.25) is 0 Å². The first-order valence-electron chi connectivity index (χ1n) is 4.44. The molecular formula is C10H6F2N4. The summed E-state index contributed by atoms with van der Waals surface area (Å²) >= 11 is 0. The van der Waals surface area contributed by atoms with Gasteiger partial charge in [-0.25, -0.2) is 13.5 Å². The SMILES string of the molecule is N#Cc1cnnn1Cc1c(F)cccc1F. The molecule has 0 aliphatic heterocycles. The van der Waals surface area contributed by atoms with E-state index < -0.39 is 11.6 Å². The van der Waals surface area contributed by atoms with E-state index >= 15 is 0 Å². The maximum Gasteiger partial charge on any atom is 0.159 e. The van der Waals surface area contributed by atoms with E-state index in [2.05, 4.69) is 10.3 Å². The zero-order chi connectivity index (χ0) is 11.5. The molecule has 0 amide bonds. The highest BCUT2D eigenvalue weighted by atomic mass is 19.1. The van der Waals surface area contributed by atoms with Crippen molar-refractivity contribution in [3.8, 4) is 6.07 Å². The summed E-state index contributed by atoms with van der Waals surface area (Å²) in [5.74, 6) is -1.33. The largest absolute Gasteiger partial charge is 0.230 e. The van der Waals surface area contributed by atoms with Crippen LogP contribution in [-0.4, -0.2) is 15.0 Å². The molecule has 1 heterocycles. The summed E-state index contributed by atoms with van der Waals surface area (Å²) in [5, 5.41) is 15.8. The van der Waals surface area contributed by atoms with Crippen molar-refractivity contribution in [1.82, 2.24) is 15.0 Å². The zero-order valence-corrected chi connectivity index (χ0v) is 8.06. The second kappa shape index (κ2) is 4.06. The van der Waals surface area contributed by atoms with Crippen LogP contribution in [0.2, 0.25) is 0 Å². The normalized spacial score (nSPS) is 10.1. The second-order valence-corrected chi connectivity index (χ2v) is 3.09. The van der Waals surface area contributed by atoms with E-state index in [-0.39, 0.29) is 17.8 Å². The monoisotopic (exact) mass is 220 g/mol. The van der Waals surface area contributed by atoms with Crippen LogP contribution >= 0.6 is 0 Å². The van der Waals surface area contributed by atoms with Gasteiger partial charge in [-0.3, -0.25) is 0 Å². The molecule has 0 saturated heterocycles. The molecule has 1 aromatic carbocycles. The number of aromatic nitrogens is 3. The number of hydrogen-bond acceptors (Lipinski definition) is 3. The minimum Gasteiger partial charge on any atom is -0.230 e. The van der Waals surface area contributed by atoms with Crippen molar-refractivity contribution in [2.75, 3.05) is 0 Å². The van der Waals surface area contributed by atoms with Crippen molar-refractivity contribution in [3.63, 3.8) is 0 Å². The quantitative estimate of drug-likeness (QED) is 0.770. The lowest BCUT2D eigenvalue weighted by Gasteiger charge is -2.04. The van der Waals surface area contributed by atoms with Gasteiger partial charge in [0.1, 0.15) is 17.7 Å². The Hall–Kier alpha value is -2.29.